The van der Waals surface area contributed by atoms with Gasteiger partial charge in [-0.3, -0.25) is 0 Å². The molecule has 0 atom stereocenters. The second-order valence-electron chi connectivity index (χ2n) is 20.3. The molecule has 2 saturated carbocycles. The van der Waals surface area contributed by atoms with E-state index in [-0.39, 0.29) is 5.41 Å². The summed E-state index contributed by atoms with van der Waals surface area (Å²) < 4.78 is 0. The Morgan fingerprint density at radius 3 is 1.17 bits per heavy atom. The Labute approximate surface area is 386 Å². The van der Waals surface area contributed by atoms with Crippen molar-refractivity contribution in [3.63, 3.8) is 0 Å². The highest BCUT2D eigenvalue weighted by molar-refractivity contribution is 6.09. The van der Waals surface area contributed by atoms with Gasteiger partial charge >= 0.3 is 0 Å². The molecule has 2 fully saturated rings. The maximum absolute atomic E-state index is 2.60. The molecule has 9 aromatic carbocycles. The summed E-state index contributed by atoms with van der Waals surface area (Å²) in [4.78, 5) is 5.02. The van der Waals surface area contributed by atoms with Gasteiger partial charge in [0.15, 0.2) is 0 Å². The molecule has 2 aliphatic carbocycles. The smallest absolute Gasteiger partial charge is 0.0468 e. The van der Waals surface area contributed by atoms with E-state index in [0.717, 1.165) is 0 Å². The van der Waals surface area contributed by atoms with E-state index in [0.29, 0.717) is 11.8 Å². The van der Waals surface area contributed by atoms with E-state index in [1.807, 2.05) is 0 Å². The first-order valence-electron chi connectivity index (χ1n) is 24.6. The Morgan fingerprint density at radius 1 is 0.354 bits per heavy atom. The van der Waals surface area contributed by atoms with Gasteiger partial charge in [-0.15, -0.1) is 0 Å². The molecule has 0 aliphatic heterocycles. The van der Waals surface area contributed by atoms with Crippen LogP contribution in [0.1, 0.15) is 119 Å². The largest absolute Gasteiger partial charge is 0.310 e. The first-order valence-corrected chi connectivity index (χ1v) is 24.6. The summed E-state index contributed by atoms with van der Waals surface area (Å²) in [7, 11) is 0. The van der Waals surface area contributed by atoms with E-state index in [1.54, 1.807) is 11.1 Å². The quantitative estimate of drug-likeness (QED) is 0.141. The fourth-order valence-electron chi connectivity index (χ4n) is 11.5. The normalized spacial score (nSPS) is 15.3. The van der Waals surface area contributed by atoms with Crippen molar-refractivity contribution in [3.8, 4) is 0 Å². The standard InChI is InChI=1S/C63H62N2/c1-43-23-29-51(30-24-43)64(53-31-25-44-15-11-13-21-48(44)39-53)55-35-37-57-59(41-55)62(47-19-9-6-10-20-47)60-42-56(36-38-58(60)61(57)46-17-7-5-8-18-46)65(52-33-27-50(28-34-52)63(2,3)4)54-32-26-45-16-12-14-22-49(45)40-54/h11-16,21-42,46-47H,5-10,17-20H2,1-4H3. The van der Waals surface area contributed by atoms with Gasteiger partial charge in [0.25, 0.3) is 0 Å². The van der Waals surface area contributed by atoms with E-state index in [2.05, 4.69) is 207 Å². The highest BCUT2D eigenvalue weighted by atomic mass is 15.1. The molecular formula is C63H62N2. The summed E-state index contributed by atoms with van der Waals surface area (Å²) in [5, 5.41) is 10.9. The van der Waals surface area contributed by atoms with Crippen LogP contribution in [0.25, 0.3) is 43.1 Å². The lowest BCUT2D eigenvalue weighted by atomic mass is 9.74. The van der Waals surface area contributed by atoms with Crippen LogP contribution in [0.5, 0.6) is 0 Å². The van der Waals surface area contributed by atoms with Crippen molar-refractivity contribution in [1.82, 2.24) is 0 Å². The van der Waals surface area contributed by atoms with Crippen LogP contribution in [0.2, 0.25) is 0 Å². The van der Waals surface area contributed by atoms with E-state index >= 15 is 0 Å². The molecule has 2 nitrogen and oxygen atoms in total. The highest BCUT2D eigenvalue weighted by Gasteiger charge is 2.29. The van der Waals surface area contributed by atoms with Crippen molar-refractivity contribution < 1.29 is 0 Å². The number of aryl methyl sites for hydroxylation is 1. The zero-order chi connectivity index (χ0) is 44.1. The van der Waals surface area contributed by atoms with Gasteiger partial charge in [0.2, 0.25) is 0 Å². The van der Waals surface area contributed by atoms with Gasteiger partial charge in [0.1, 0.15) is 0 Å². The molecule has 9 aromatic rings. The van der Waals surface area contributed by atoms with Crippen LogP contribution in [0.3, 0.4) is 0 Å². The number of fused-ring (bicyclic) bond motifs is 4. The van der Waals surface area contributed by atoms with E-state index < -0.39 is 0 Å². The van der Waals surface area contributed by atoms with Crippen molar-refractivity contribution in [1.29, 1.82) is 0 Å². The molecule has 0 radical (unpaired) electrons. The van der Waals surface area contributed by atoms with E-state index in [9.17, 15) is 0 Å². The number of hydrogen-bond acceptors (Lipinski definition) is 2. The fourth-order valence-corrected chi connectivity index (χ4v) is 11.5. The Morgan fingerprint density at radius 2 is 0.723 bits per heavy atom. The van der Waals surface area contributed by atoms with Gasteiger partial charge in [0.05, 0.1) is 0 Å². The maximum atomic E-state index is 2.60. The predicted octanol–water partition coefficient (Wildman–Crippen LogP) is 18.9. The average molecular weight is 847 g/mol. The number of hydrogen-bond donors (Lipinski definition) is 0. The average Bonchev–Trinajstić information content (AvgIpc) is 3.34. The molecular weight excluding hydrogens is 785 g/mol. The Hall–Kier alpha value is -6.38. The zero-order valence-corrected chi connectivity index (χ0v) is 38.8. The predicted molar refractivity (Wildman–Crippen MR) is 281 cm³/mol. The third-order valence-corrected chi connectivity index (χ3v) is 15.0. The lowest BCUT2D eigenvalue weighted by Gasteiger charge is -2.32. The number of rotatable bonds is 8. The molecule has 324 valence electrons. The van der Waals surface area contributed by atoms with Crippen molar-refractivity contribution >= 4 is 77.2 Å². The summed E-state index contributed by atoms with van der Waals surface area (Å²) >= 11 is 0. The molecule has 2 heteroatoms. The van der Waals surface area contributed by atoms with Crippen molar-refractivity contribution in [2.24, 2.45) is 0 Å². The van der Waals surface area contributed by atoms with Gasteiger partial charge in [-0.2, -0.15) is 0 Å². The number of anilines is 6. The van der Waals surface area contributed by atoms with Gasteiger partial charge in [0, 0.05) is 34.1 Å². The van der Waals surface area contributed by atoms with Gasteiger partial charge in [-0.25, -0.2) is 0 Å². The summed E-state index contributed by atoms with van der Waals surface area (Å²) in [6, 6.07) is 65.1. The van der Waals surface area contributed by atoms with Gasteiger partial charge < -0.3 is 9.80 Å². The molecule has 0 N–H and O–H groups in total. The molecule has 0 bridgehead atoms. The van der Waals surface area contributed by atoms with E-state index in [4.69, 9.17) is 0 Å². The topological polar surface area (TPSA) is 6.48 Å². The summed E-state index contributed by atoms with van der Waals surface area (Å²) in [6.07, 6.45) is 12.8. The monoisotopic (exact) mass is 846 g/mol. The maximum Gasteiger partial charge on any atom is 0.0468 e. The van der Waals surface area contributed by atoms with Crippen LogP contribution >= 0.6 is 0 Å². The van der Waals surface area contributed by atoms with Crippen LogP contribution in [-0.4, -0.2) is 0 Å². The van der Waals surface area contributed by atoms with Crippen LogP contribution in [0.15, 0.2) is 170 Å². The minimum atomic E-state index is 0.0723. The third-order valence-electron chi connectivity index (χ3n) is 15.0. The first-order chi connectivity index (χ1) is 31.8. The minimum absolute atomic E-state index is 0.0723. The Bertz CT molecular complexity index is 3160. The molecule has 0 aromatic heterocycles. The first kappa shape index (κ1) is 41.3. The molecule has 0 amide bonds. The molecule has 2 aliphatic rings. The van der Waals surface area contributed by atoms with Gasteiger partial charge in [-0.1, -0.05) is 162 Å². The summed E-state index contributed by atoms with van der Waals surface area (Å²) in [5.74, 6) is 1.04. The van der Waals surface area contributed by atoms with E-state index in [1.165, 1.54) is 153 Å². The third kappa shape index (κ3) is 7.96. The number of nitrogens with zero attached hydrogens (tertiary/aromatic N) is 2. The fraction of sp³-hybridized carbons (Fsp3) is 0.270. The SMILES string of the molecule is Cc1ccc(N(c2ccc3ccccc3c2)c2ccc3c(C4CCCCC4)c4ccc(N(c5ccc(C(C)(C)C)cc5)c5ccc6ccccc6c5)cc4c(C4CCCCC4)c3c2)cc1. The molecule has 65 heavy (non-hydrogen) atoms. The van der Waals surface area contributed by atoms with Crippen molar-refractivity contribution in [2.75, 3.05) is 9.80 Å². The lowest BCUT2D eigenvalue weighted by molar-refractivity contribution is 0.445. The number of benzene rings is 9. The minimum Gasteiger partial charge on any atom is -0.310 e. The van der Waals surface area contributed by atoms with Crippen LogP contribution in [0, 0.1) is 6.92 Å². The molecule has 0 spiro atoms. The summed E-state index contributed by atoms with van der Waals surface area (Å²) in [5.41, 5.74) is 13.0. The van der Waals surface area contributed by atoms with Crippen LogP contribution < -0.4 is 9.80 Å². The second kappa shape index (κ2) is 17.2. The molecule has 0 unspecified atom stereocenters. The van der Waals surface area contributed by atoms with Crippen LogP contribution in [0.4, 0.5) is 34.1 Å². The summed E-state index contributed by atoms with van der Waals surface area (Å²) in [6.45, 7) is 9.10. The lowest BCUT2D eigenvalue weighted by Crippen LogP contribution is -2.14. The Balaban J connectivity index is 1.18. The van der Waals surface area contributed by atoms with Crippen LogP contribution in [-0.2, 0) is 5.41 Å². The zero-order valence-electron chi connectivity index (χ0n) is 38.8. The molecule has 11 rings (SSSR count). The molecule has 0 heterocycles. The highest BCUT2D eigenvalue weighted by Crippen LogP contribution is 2.50. The Kier molecular flexibility index (Phi) is 10.9. The van der Waals surface area contributed by atoms with Crippen molar-refractivity contribution in [2.45, 2.75) is 109 Å². The second-order valence-corrected chi connectivity index (χ2v) is 20.3. The van der Waals surface area contributed by atoms with Crippen molar-refractivity contribution in [3.05, 3.63) is 192 Å². The van der Waals surface area contributed by atoms with Gasteiger partial charge in [-0.05, 0) is 182 Å². The molecule has 0 saturated heterocycles.